The fourth-order valence-electron chi connectivity index (χ4n) is 8.28. The smallest absolute Gasteiger partial charge is 0.309 e. The van der Waals surface area contributed by atoms with Gasteiger partial charge in [-0.15, -0.1) is 0 Å². The maximum absolute atomic E-state index is 13.3. The predicted molar refractivity (Wildman–Crippen MR) is 215 cm³/mol. The maximum atomic E-state index is 13.3. The molecule has 0 radical (unpaired) electrons. The number of aliphatic hydroxyl groups excluding tert-OH is 2. The van der Waals surface area contributed by atoms with Crippen LogP contribution in [0.2, 0.25) is 0 Å². The number of ether oxygens (including phenoxy) is 8. The summed E-state index contributed by atoms with van der Waals surface area (Å²) in [5.74, 6) is -2.86. The summed E-state index contributed by atoms with van der Waals surface area (Å²) in [6.07, 6.45) is -1.47. The second-order valence-corrected chi connectivity index (χ2v) is 16.8. The highest BCUT2D eigenvalue weighted by atomic mass is 16.7. The molecule has 2 fully saturated rings. The maximum Gasteiger partial charge on any atom is 0.309 e. The van der Waals surface area contributed by atoms with Crippen molar-refractivity contribution in [3.8, 4) is 0 Å². The lowest BCUT2D eigenvalue weighted by atomic mass is 9.82. The molecule has 0 saturated carbocycles. The van der Waals surface area contributed by atoms with Gasteiger partial charge < -0.3 is 62.9 Å². The number of hydrogen-bond acceptors (Lipinski definition) is 16. The van der Waals surface area contributed by atoms with E-state index in [0.717, 1.165) is 12.8 Å². The van der Waals surface area contributed by atoms with E-state index in [1.165, 1.54) is 14.0 Å². The molecule has 16 nitrogen and oxygen atoms in total. The van der Waals surface area contributed by atoms with Gasteiger partial charge in [0.05, 0.1) is 36.9 Å². The summed E-state index contributed by atoms with van der Waals surface area (Å²) in [7, 11) is 4.86. The highest BCUT2D eigenvalue weighted by Gasteiger charge is 2.53. The molecule has 3 aliphatic heterocycles. The van der Waals surface area contributed by atoms with Crippen molar-refractivity contribution in [1.29, 1.82) is 0 Å². The Morgan fingerprint density at radius 1 is 1.00 bits per heavy atom. The molecule has 16 heteroatoms. The molecule has 3 heterocycles. The van der Waals surface area contributed by atoms with Crippen LogP contribution < -0.4 is 0 Å². The fourth-order valence-corrected chi connectivity index (χ4v) is 8.28. The Bertz CT molecular complexity index is 1390. The number of rotatable bonds is 14. The molecule has 0 aromatic carbocycles. The molecule has 0 aliphatic carbocycles. The van der Waals surface area contributed by atoms with Crippen molar-refractivity contribution in [2.45, 2.75) is 192 Å². The van der Waals surface area contributed by atoms with E-state index in [9.17, 15) is 34.5 Å². The molecule has 3 aliphatic rings. The van der Waals surface area contributed by atoms with Gasteiger partial charge in [-0.25, -0.2) is 0 Å². The summed E-state index contributed by atoms with van der Waals surface area (Å²) in [5, 5.41) is 34.7. The first kappa shape index (κ1) is 50.6. The number of unbranched alkanes of at least 4 members (excludes halogenated alkanes) is 2. The van der Waals surface area contributed by atoms with Crippen molar-refractivity contribution in [2.24, 2.45) is 11.8 Å². The van der Waals surface area contributed by atoms with Gasteiger partial charge in [-0.05, 0) is 66.5 Å². The zero-order chi connectivity index (χ0) is 44.0. The van der Waals surface area contributed by atoms with Crippen molar-refractivity contribution in [3.05, 3.63) is 24.3 Å². The third-order valence-electron chi connectivity index (χ3n) is 11.3. The second-order valence-electron chi connectivity index (χ2n) is 16.8. The van der Waals surface area contributed by atoms with Crippen LogP contribution in [-0.4, -0.2) is 151 Å². The lowest BCUT2D eigenvalue weighted by molar-refractivity contribution is -0.344. The largest absolute Gasteiger partial charge is 0.462 e. The van der Waals surface area contributed by atoms with Gasteiger partial charge >= 0.3 is 17.9 Å². The first-order valence-electron chi connectivity index (χ1n) is 21.1. The van der Waals surface area contributed by atoms with Crippen LogP contribution in [0, 0.1) is 11.8 Å². The Kier molecular flexibility index (Phi) is 20.6. The number of methoxy groups -OCH3 is 1. The number of aldehydes is 1. The Balaban J connectivity index is 1.95. The Hall–Kier alpha value is -2.80. The number of carbonyl (C=O) groups is 4. The molecule has 0 bridgehead atoms. The Morgan fingerprint density at radius 2 is 1.71 bits per heavy atom. The van der Waals surface area contributed by atoms with Gasteiger partial charge in [-0.2, -0.15) is 0 Å². The number of cyclic esters (lactones) is 1. The van der Waals surface area contributed by atoms with Crippen molar-refractivity contribution in [2.75, 3.05) is 21.2 Å². The molecule has 16 unspecified atom stereocenters. The molecule has 0 amide bonds. The van der Waals surface area contributed by atoms with E-state index in [2.05, 4.69) is 0 Å². The van der Waals surface area contributed by atoms with Crippen LogP contribution in [0.25, 0.3) is 0 Å². The van der Waals surface area contributed by atoms with E-state index in [-0.39, 0.29) is 25.7 Å². The molecule has 3 N–H and O–H groups in total. The quantitative estimate of drug-likeness (QED) is 0.0990. The molecule has 16 atom stereocenters. The third-order valence-corrected chi connectivity index (χ3v) is 11.3. The highest BCUT2D eigenvalue weighted by molar-refractivity contribution is 5.72. The van der Waals surface area contributed by atoms with Crippen molar-refractivity contribution >= 4 is 24.2 Å². The molecule has 0 aromatic rings. The van der Waals surface area contributed by atoms with Crippen LogP contribution >= 0.6 is 0 Å². The van der Waals surface area contributed by atoms with E-state index in [0.29, 0.717) is 19.1 Å². The number of hydrogen-bond donors (Lipinski definition) is 3. The highest BCUT2D eigenvalue weighted by Crippen LogP contribution is 2.38. The van der Waals surface area contributed by atoms with Crippen LogP contribution in [0.3, 0.4) is 0 Å². The van der Waals surface area contributed by atoms with E-state index in [4.69, 9.17) is 37.9 Å². The minimum atomic E-state index is -1.49. The Labute approximate surface area is 349 Å². The lowest BCUT2D eigenvalue weighted by Crippen LogP contribution is -2.66. The van der Waals surface area contributed by atoms with Gasteiger partial charge in [-0.3, -0.25) is 14.4 Å². The van der Waals surface area contributed by atoms with Crippen LogP contribution in [-0.2, 0) is 57.1 Å². The first-order valence-corrected chi connectivity index (χ1v) is 21.1. The minimum Gasteiger partial charge on any atom is -0.462 e. The van der Waals surface area contributed by atoms with Gasteiger partial charge in [0.25, 0.3) is 0 Å². The molecule has 0 aromatic heterocycles. The fraction of sp³-hybridized carbons (Fsp3) is 0.814. The number of aliphatic hydroxyl groups is 3. The topological polar surface area (TPSA) is 206 Å². The molecule has 0 spiro atoms. The van der Waals surface area contributed by atoms with Crippen molar-refractivity contribution in [3.63, 3.8) is 0 Å². The molecule has 2 saturated heterocycles. The molecule has 338 valence electrons. The lowest BCUT2D eigenvalue weighted by Gasteiger charge is -2.50. The van der Waals surface area contributed by atoms with E-state index in [1.54, 1.807) is 64.9 Å². The average molecular weight is 842 g/mol. The van der Waals surface area contributed by atoms with E-state index in [1.807, 2.05) is 19.9 Å². The van der Waals surface area contributed by atoms with Crippen molar-refractivity contribution < 1.29 is 72.4 Å². The predicted octanol–water partition coefficient (Wildman–Crippen LogP) is 3.55. The zero-order valence-corrected chi connectivity index (χ0v) is 36.6. The number of carbonyl (C=O) groups excluding carboxylic acids is 4. The van der Waals surface area contributed by atoms with E-state index < -0.39 is 121 Å². The third kappa shape index (κ3) is 15.0. The minimum absolute atomic E-state index is 0.0388. The standard InChI is InChI=1S/C43H71NO15/c1-11-12-14-19-33(48)57-41-28(5)54-35(24-43(41,7)51)58-38-27(4)55-42(37(50)36(38)44(8)9)59-39-30(20-21-45)22-25(2)31(47)18-16-13-15-17-26(3)53-34(49)23-32(40(39)52-10)56-29(6)46/h13,15-16,18,21,25-28,30-32,35-42,47,50-51H,11-12,14,17,19-20,22-24H2,1-10H3. The van der Waals surface area contributed by atoms with Crippen LogP contribution in [0.15, 0.2) is 24.3 Å². The summed E-state index contributed by atoms with van der Waals surface area (Å²) in [5.41, 5.74) is -1.49. The summed E-state index contributed by atoms with van der Waals surface area (Å²) in [6, 6.07) is -0.780. The molecule has 3 rings (SSSR count). The number of allylic oxidation sites excluding steroid dienone is 2. The van der Waals surface area contributed by atoms with Crippen LogP contribution in [0.1, 0.15) is 106 Å². The summed E-state index contributed by atoms with van der Waals surface area (Å²) >= 11 is 0. The number of likely N-dealkylation sites (N-methyl/N-ethyl adjacent to an activating group) is 1. The van der Waals surface area contributed by atoms with Gasteiger partial charge in [0.2, 0.25) is 0 Å². The Morgan fingerprint density at radius 3 is 2.32 bits per heavy atom. The van der Waals surface area contributed by atoms with Gasteiger partial charge in [0.1, 0.15) is 42.4 Å². The SMILES string of the molecule is CCCCCC(=O)OC1C(C)OC(OC2C(C)OC(OC3C(CC=O)CC(C)C(O)C=CC=CCC(C)OC(=O)CC(OC(C)=O)C3OC)C(O)C2N(C)C)CC1(C)O. The van der Waals surface area contributed by atoms with E-state index >= 15 is 0 Å². The number of esters is 3. The number of nitrogens with zero attached hydrogens (tertiary/aromatic N) is 1. The monoisotopic (exact) mass is 841 g/mol. The molecular weight excluding hydrogens is 770 g/mol. The van der Waals surface area contributed by atoms with Crippen LogP contribution in [0.5, 0.6) is 0 Å². The average Bonchev–Trinajstić information content (AvgIpc) is 3.13. The van der Waals surface area contributed by atoms with Crippen molar-refractivity contribution in [1.82, 2.24) is 4.90 Å². The first-order chi connectivity index (χ1) is 27.8. The van der Waals surface area contributed by atoms with Gasteiger partial charge in [0.15, 0.2) is 18.7 Å². The second kappa shape index (κ2) is 24.0. The summed E-state index contributed by atoms with van der Waals surface area (Å²) in [4.78, 5) is 52.4. The summed E-state index contributed by atoms with van der Waals surface area (Å²) in [6.45, 7) is 11.8. The normalized spacial score (nSPS) is 39.0. The zero-order valence-electron chi connectivity index (χ0n) is 36.6. The van der Waals surface area contributed by atoms with Gasteiger partial charge in [0, 0.05) is 39.7 Å². The summed E-state index contributed by atoms with van der Waals surface area (Å²) < 4.78 is 48.7. The van der Waals surface area contributed by atoms with Crippen LogP contribution in [0.4, 0.5) is 0 Å². The molecule has 59 heavy (non-hydrogen) atoms. The molecular formula is C43H71NO15. The van der Waals surface area contributed by atoms with Gasteiger partial charge in [-0.1, -0.05) is 51.0 Å².